The first kappa shape index (κ1) is 44.1. The fraction of sp³-hybridized carbons (Fsp3) is 0.971. The van der Waals surface area contributed by atoms with Gasteiger partial charge in [0.25, 0.3) is 0 Å². The molecule has 8 unspecified atom stereocenters. The zero-order valence-electron chi connectivity index (χ0n) is 30.2. The molecule has 1 heterocycles. The van der Waals surface area contributed by atoms with Crippen LogP contribution >= 0.6 is 0 Å². The summed E-state index contributed by atoms with van der Waals surface area (Å²) >= 11 is 0. The standard InChI is InChI=1S/C34H66O13/c1-19(14-35)25(40)26(41)22(38)15-46-30-29(44)28(43)27(42)23(47-30)16-45-24(39)13-34(9,10)18-33(7,8)12-21(37)20(36)11-32(5,6)17-31(2,3)4/h19-23,25-30,35-38,40-44H,11-18H2,1-10H3/t19?,20?,21?,22-,23?,25-,26-,27?,28?,29?,30?/m1/s1. The number of esters is 1. The minimum absolute atomic E-state index is 0.0136. The van der Waals surface area contributed by atoms with Crippen molar-refractivity contribution in [1.82, 2.24) is 0 Å². The Morgan fingerprint density at radius 2 is 1.23 bits per heavy atom. The van der Waals surface area contributed by atoms with Gasteiger partial charge in [-0.25, -0.2) is 0 Å². The van der Waals surface area contributed by atoms with Crippen molar-refractivity contribution in [3.05, 3.63) is 0 Å². The summed E-state index contributed by atoms with van der Waals surface area (Å²) in [6, 6.07) is 0. The van der Waals surface area contributed by atoms with E-state index in [9.17, 15) is 45.6 Å². The van der Waals surface area contributed by atoms with Gasteiger partial charge >= 0.3 is 5.97 Å². The van der Waals surface area contributed by atoms with Crippen LogP contribution in [0.25, 0.3) is 0 Å². The number of rotatable bonds is 19. The third-order valence-corrected chi connectivity index (χ3v) is 8.68. The number of aliphatic hydroxyl groups excluding tert-OH is 9. The van der Waals surface area contributed by atoms with Crippen LogP contribution in [-0.2, 0) is 19.0 Å². The number of ether oxygens (including phenoxy) is 3. The second-order valence-corrected chi connectivity index (χ2v) is 17.4. The maximum absolute atomic E-state index is 12.9. The monoisotopic (exact) mass is 682 g/mol. The maximum atomic E-state index is 12.9. The fourth-order valence-corrected chi connectivity index (χ4v) is 7.12. The van der Waals surface area contributed by atoms with E-state index in [1.54, 1.807) is 0 Å². The number of hydrogen-bond acceptors (Lipinski definition) is 13. The van der Waals surface area contributed by atoms with Crippen LogP contribution in [0, 0.1) is 27.6 Å². The van der Waals surface area contributed by atoms with Crippen LogP contribution in [0.3, 0.4) is 0 Å². The molecule has 13 nitrogen and oxygen atoms in total. The van der Waals surface area contributed by atoms with Crippen LogP contribution < -0.4 is 0 Å². The van der Waals surface area contributed by atoms with E-state index in [-0.39, 0.29) is 17.3 Å². The highest BCUT2D eigenvalue weighted by Crippen LogP contribution is 2.42. The predicted octanol–water partition coefficient (Wildman–Crippen LogP) is 0.862. The molecule has 0 bridgehead atoms. The number of aliphatic hydroxyl groups is 9. The van der Waals surface area contributed by atoms with Crippen molar-refractivity contribution in [3.63, 3.8) is 0 Å². The summed E-state index contributed by atoms with van der Waals surface area (Å²) in [5, 5.41) is 92.3. The number of carbonyl (C=O) groups excluding carboxylic acids is 1. The van der Waals surface area contributed by atoms with E-state index >= 15 is 0 Å². The zero-order chi connectivity index (χ0) is 36.7. The zero-order valence-corrected chi connectivity index (χ0v) is 30.2. The van der Waals surface area contributed by atoms with Crippen molar-refractivity contribution >= 4 is 5.97 Å². The molecule has 0 aromatic carbocycles. The van der Waals surface area contributed by atoms with Gasteiger partial charge in [0.05, 0.1) is 31.3 Å². The van der Waals surface area contributed by atoms with E-state index in [2.05, 4.69) is 34.6 Å². The SMILES string of the molecule is CC(CO)[C@@H](O)[C@H](O)[C@H](O)COC1OC(COC(=O)CC(C)(C)CC(C)(C)CC(O)C(O)CC(C)(C)CC(C)(C)C)C(O)C(O)C1O. The Hall–Kier alpha value is -0.970. The van der Waals surface area contributed by atoms with Gasteiger partial charge in [-0.2, -0.15) is 0 Å². The van der Waals surface area contributed by atoms with Crippen molar-refractivity contribution < 1.29 is 65.0 Å². The second-order valence-electron chi connectivity index (χ2n) is 17.4. The highest BCUT2D eigenvalue weighted by atomic mass is 16.7. The molecule has 0 saturated carbocycles. The Morgan fingerprint density at radius 1 is 0.723 bits per heavy atom. The number of carbonyl (C=O) groups is 1. The predicted molar refractivity (Wildman–Crippen MR) is 174 cm³/mol. The Balaban J connectivity index is 2.71. The molecular formula is C34H66O13. The van der Waals surface area contributed by atoms with E-state index in [4.69, 9.17) is 19.3 Å². The van der Waals surface area contributed by atoms with Crippen LogP contribution in [0.1, 0.15) is 101 Å². The van der Waals surface area contributed by atoms with Crippen LogP contribution in [-0.4, -0.2) is 133 Å². The van der Waals surface area contributed by atoms with Crippen LogP contribution in [0.2, 0.25) is 0 Å². The van der Waals surface area contributed by atoms with Crippen molar-refractivity contribution in [2.45, 2.75) is 163 Å². The summed E-state index contributed by atoms with van der Waals surface area (Å²) < 4.78 is 16.2. The van der Waals surface area contributed by atoms with Gasteiger partial charge in [-0.3, -0.25) is 4.79 Å². The first-order valence-corrected chi connectivity index (χ1v) is 16.7. The van der Waals surface area contributed by atoms with E-state index in [1.807, 2.05) is 27.7 Å². The molecule has 0 spiro atoms. The van der Waals surface area contributed by atoms with Gasteiger partial charge in [0, 0.05) is 12.5 Å². The van der Waals surface area contributed by atoms with Gasteiger partial charge in [-0.05, 0) is 47.3 Å². The van der Waals surface area contributed by atoms with Gasteiger partial charge in [-0.1, -0.05) is 69.2 Å². The Kier molecular flexibility index (Phi) is 16.7. The summed E-state index contributed by atoms with van der Waals surface area (Å²) in [4.78, 5) is 12.9. The Labute approximate surface area is 280 Å². The van der Waals surface area contributed by atoms with Gasteiger partial charge in [0.2, 0.25) is 0 Å². The summed E-state index contributed by atoms with van der Waals surface area (Å²) in [7, 11) is 0. The lowest BCUT2D eigenvalue weighted by Gasteiger charge is -2.40. The Bertz CT molecular complexity index is 933. The van der Waals surface area contributed by atoms with E-state index in [0.29, 0.717) is 19.3 Å². The summed E-state index contributed by atoms with van der Waals surface area (Å²) in [6.07, 6.45) is -12.4. The summed E-state index contributed by atoms with van der Waals surface area (Å²) in [5.41, 5.74) is -1.08. The normalized spacial score (nSPS) is 27.1. The molecule has 1 saturated heterocycles. The molecule has 1 aliphatic heterocycles. The molecule has 11 atom stereocenters. The molecule has 0 aromatic heterocycles. The molecular weight excluding hydrogens is 616 g/mol. The molecule has 280 valence electrons. The molecule has 13 heteroatoms. The smallest absolute Gasteiger partial charge is 0.306 e. The van der Waals surface area contributed by atoms with Gasteiger partial charge in [0.15, 0.2) is 6.29 Å². The molecule has 0 aliphatic carbocycles. The average molecular weight is 683 g/mol. The summed E-state index contributed by atoms with van der Waals surface area (Å²) in [5.74, 6) is -1.33. The molecule has 9 N–H and O–H groups in total. The van der Waals surface area contributed by atoms with Crippen LogP contribution in [0.5, 0.6) is 0 Å². The third-order valence-electron chi connectivity index (χ3n) is 8.68. The highest BCUT2D eigenvalue weighted by Gasteiger charge is 2.45. The minimum Gasteiger partial charge on any atom is -0.463 e. The van der Waals surface area contributed by atoms with Crippen molar-refractivity contribution in [3.8, 4) is 0 Å². The molecule has 0 radical (unpaired) electrons. The first-order valence-electron chi connectivity index (χ1n) is 16.7. The van der Waals surface area contributed by atoms with Crippen LogP contribution in [0.15, 0.2) is 0 Å². The van der Waals surface area contributed by atoms with Crippen molar-refractivity contribution in [2.24, 2.45) is 27.6 Å². The number of hydrogen-bond donors (Lipinski definition) is 9. The van der Waals surface area contributed by atoms with Gasteiger partial charge in [-0.15, -0.1) is 0 Å². The topological polar surface area (TPSA) is 227 Å². The van der Waals surface area contributed by atoms with Crippen LogP contribution in [0.4, 0.5) is 0 Å². The van der Waals surface area contributed by atoms with E-state index < -0.39 is 104 Å². The third kappa shape index (κ3) is 15.2. The average Bonchev–Trinajstić information content (AvgIpc) is 2.90. The second kappa shape index (κ2) is 17.8. The van der Waals surface area contributed by atoms with E-state index in [0.717, 1.165) is 6.42 Å². The largest absolute Gasteiger partial charge is 0.463 e. The van der Waals surface area contributed by atoms with Crippen molar-refractivity contribution in [1.29, 1.82) is 0 Å². The highest BCUT2D eigenvalue weighted by molar-refractivity contribution is 5.70. The van der Waals surface area contributed by atoms with Gasteiger partial charge in [0.1, 0.15) is 43.2 Å². The lowest BCUT2D eigenvalue weighted by Crippen LogP contribution is -2.60. The summed E-state index contributed by atoms with van der Waals surface area (Å²) in [6.45, 7) is 18.3. The molecule has 1 rings (SSSR count). The molecule has 0 amide bonds. The molecule has 0 aromatic rings. The molecule has 1 fully saturated rings. The lowest BCUT2D eigenvalue weighted by atomic mass is 9.69. The first-order chi connectivity index (χ1) is 21.2. The quantitative estimate of drug-likeness (QED) is 0.0863. The molecule has 1 aliphatic rings. The Morgan fingerprint density at radius 3 is 1.72 bits per heavy atom. The minimum atomic E-state index is -1.74. The maximum Gasteiger partial charge on any atom is 0.306 e. The van der Waals surface area contributed by atoms with Crippen molar-refractivity contribution in [2.75, 3.05) is 19.8 Å². The van der Waals surface area contributed by atoms with E-state index in [1.165, 1.54) is 6.92 Å². The van der Waals surface area contributed by atoms with Gasteiger partial charge < -0.3 is 60.2 Å². The fourth-order valence-electron chi connectivity index (χ4n) is 7.12. The lowest BCUT2D eigenvalue weighted by molar-refractivity contribution is -0.307. The molecule has 47 heavy (non-hydrogen) atoms.